The monoisotopic (exact) mass is 383 g/mol. The molecule has 0 atom stereocenters. The summed E-state index contributed by atoms with van der Waals surface area (Å²) in [4.78, 5) is 16.4. The zero-order chi connectivity index (χ0) is 18.7. The molecule has 0 fully saturated rings. The topological polar surface area (TPSA) is 97.4 Å². The molecule has 134 valence electrons. The molecule has 2 rings (SSSR count). The summed E-state index contributed by atoms with van der Waals surface area (Å²) in [6.45, 7) is 2.93. The normalized spacial score (nSPS) is 11.8. The van der Waals surface area contributed by atoms with Gasteiger partial charge in [0.05, 0.1) is 23.9 Å². The Bertz CT molecular complexity index is 850. The average Bonchev–Trinajstić information content (AvgIpc) is 2.55. The predicted molar refractivity (Wildman–Crippen MR) is 95.3 cm³/mol. The molecule has 25 heavy (non-hydrogen) atoms. The summed E-state index contributed by atoms with van der Waals surface area (Å²) in [6, 6.07) is 8.85. The van der Waals surface area contributed by atoms with Crippen LogP contribution >= 0.6 is 11.6 Å². The molecule has 0 unspecified atom stereocenters. The first-order valence-corrected chi connectivity index (χ1v) is 9.11. The van der Waals surface area contributed by atoms with Crippen molar-refractivity contribution in [3.63, 3.8) is 0 Å². The van der Waals surface area contributed by atoms with Gasteiger partial charge in [0, 0.05) is 11.1 Å². The predicted octanol–water partition coefficient (Wildman–Crippen LogP) is 2.44. The van der Waals surface area contributed by atoms with E-state index in [2.05, 4.69) is 15.0 Å². The second kappa shape index (κ2) is 7.38. The van der Waals surface area contributed by atoms with Crippen LogP contribution in [0.25, 0.3) is 0 Å². The van der Waals surface area contributed by atoms with Crippen LogP contribution < -0.4 is 14.8 Å². The molecule has 9 heteroatoms. The number of hydrogen-bond acceptors (Lipinski definition) is 5. The van der Waals surface area contributed by atoms with Crippen molar-refractivity contribution in [2.24, 2.45) is 0 Å². The Balaban J connectivity index is 2.13. The van der Waals surface area contributed by atoms with Crippen LogP contribution in [0.2, 0.25) is 5.02 Å². The van der Waals surface area contributed by atoms with Crippen LogP contribution in [0.5, 0.6) is 5.88 Å². The Morgan fingerprint density at radius 2 is 1.80 bits per heavy atom. The Kier molecular flexibility index (Phi) is 5.66. The van der Waals surface area contributed by atoms with Crippen molar-refractivity contribution >= 4 is 33.2 Å². The molecule has 0 spiro atoms. The van der Waals surface area contributed by atoms with E-state index in [-0.39, 0.29) is 4.90 Å². The van der Waals surface area contributed by atoms with Gasteiger partial charge in [0.25, 0.3) is 0 Å². The zero-order valence-electron chi connectivity index (χ0n) is 13.9. The molecule has 0 aliphatic rings. The van der Waals surface area contributed by atoms with Crippen LogP contribution in [0.3, 0.4) is 0 Å². The van der Waals surface area contributed by atoms with E-state index in [1.165, 1.54) is 51.4 Å². The van der Waals surface area contributed by atoms with Gasteiger partial charge in [-0.25, -0.2) is 13.4 Å². The fourth-order valence-electron chi connectivity index (χ4n) is 1.92. The van der Waals surface area contributed by atoms with Gasteiger partial charge in [-0.2, -0.15) is 4.72 Å². The Labute approximate surface area is 151 Å². The summed E-state index contributed by atoms with van der Waals surface area (Å²) in [5.41, 5.74) is -0.970. The van der Waals surface area contributed by atoms with Gasteiger partial charge in [0.1, 0.15) is 5.54 Å². The molecule has 1 heterocycles. The first-order chi connectivity index (χ1) is 11.6. The second-order valence-corrected chi connectivity index (χ2v) is 7.85. The molecular formula is C16H18ClN3O4S. The van der Waals surface area contributed by atoms with Gasteiger partial charge in [-0.1, -0.05) is 11.6 Å². The van der Waals surface area contributed by atoms with E-state index < -0.39 is 21.5 Å². The third kappa shape index (κ3) is 4.91. The number of carbonyl (C=O) groups excluding carboxylic acids is 1. The number of halogens is 1. The summed E-state index contributed by atoms with van der Waals surface area (Å²) < 4.78 is 32.2. The quantitative estimate of drug-likeness (QED) is 0.798. The van der Waals surface area contributed by atoms with Crippen LogP contribution in [0.15, 0.2) is 47.5 Å². The van der Waals surface area contributed by atoms with Crippen molar-refractivity contribution in [3.8, 4) is 5.88 Å². The maximum Gasteiger partial charge on any atom is 0.245 e. The SMILES string of the molecule is COc1ccc(NC(=O)C(C)(C)NS(=O)(=O)c2ccc(Cl)cc2)cn1. The number of aromatic nitrogens is 1. The van der Waals surface area contributed by atoms with Crippen LogP contribution in [-0.2, 0) is 14.8 Å². The number of nitrogens with one attached hydrogen (secondary N) is 2. The van der Waals surface area contributed by atoms with Crippen LogP contribution in [0.1, 0.15) is 13.8 Å². The average molecular weight is 384 g/mol. The molecule has 0 radical (unpaired) electrons. The number of rotatable bonds is 6. The molecule has 0 saturated heterocycles. The van der Waals surface area contributed by atoms with E-state index in [1.54, 1.807) is 12.1 Å². The minimum Gasteiger partial charge on any atom is -0.481 e. The van der Waals surface area contributed by atoms with Gasteiger partial charge in [0.15, 0.2) is 0 Å². The van der Waals surface area contributed by atoms with Crippen molar-refractivity contribution < 1.29 is 17.9 Å². The third-order valence-corrected chi connectivity index (χ3v) is 5.21. The number of benzene rings is 1. The first-order valence-electron chi connectivity index (χ1n) is 7.25. The van der Waals surface area contributed by atoms with E-state index in [1.807, 2.05) is 0 Å². The Morgan fingerprint density at radius 1 is 1.16 bits per heavy atom. The number of anilines is 1. The molecule has 0 bridgehead atoms. The molecule has 7 nitrogen and oxygen atoms in total. The Hall–Kier alpha value is -2.16. The number of amides is 1. The van der Waals surface area contributed by atoms with Gasteiger partial charge >= 0.3 is 0 Å². The van der Waals surface area contributed by atoms with Gasteiger partial charge in [-0.05, 0) is 44.2 Å². The minimum absolute atomic E-state index is 0.0175. The molecule has 1 amide bonds. The number of ether oxygens (including phenoxy) is 1. The highest BCUT2D eigenvalue weighted by molar-refractivity contribution is 7.89. The van der Waals surface area contributed by atoms with E-state index >= 15 is 0 Å². The maximum atomic E-state index is 12.4. The van der Waals surface area contributed by atoms with E-state index in [9.17, 15) is 13.2 Å². The molecule has 1 aromatic carbocycles. The number of pyridine rings is 1. The first kappa shape index (κ1) is 19.2. The number of sulfonamides is 1. The molecule has 2 aromatic rings. The minimum atomic E-state index is -3.89. The van der Waals surface area contributed by atoms with E-state index in [4.69, 9.17) is 16.3 Å². The Morgan fingerprint density at radius 3 is 2.32 bits per heavy atom. The molecule has 0 aliphatic heterocycles. The van der Waals surface area contributed by atoms with Crippen molar-refractivity contribution in [2.75, 3.05) is 12.4 Å². The fraction of sp³-hybridized carbons (Fsp3) is 0.250. The molecule has 0 saturated carbocycles. The molecular weight excluding hydrogens is 366 g/mol. The highest BCUT2D eigenvalue weighted by atomic mass is 35.5. The van der Waals surface area contributed by atoms with Crippen molar-refractivity contribution in [3.05, 3.63) is 47.6 Å². The van der Waals surface area contributed by atoms with Crippen molar-refractivity contribution in [2.45, 2.75) is 24.3 Å². The van der Waals surface area contributed by atoms with Gasteiger partial charge in [-0.3, -0.25) is 4.79 Å². The smallest absolute Gasteiger partial charge is 0.245 e. The van der Waals surface area contributed by atoms with Crippen molar-refractivity contribution in [1.29, 1.82) is 0 Å². The van der Waals surface area contributed by atoms with Gasteiger partial charge in [0.2, 0.25) is 21.8 Å². The van der Waals surface area contributed by atoms with Crippen LogP contribution in [0.4, 0.5) is 5.69 Å². The number of nitrogens with zero attached hydrogens (tertiary/aromatic N) is 1. The van der Waals surface area contributed by atoms with E-state index in [0.717, 1.165) is 0 Å². The number of hydrogen-bond donors (Lipinski definition) is 2. The number of carbonyl (C=O) groups is 1. The summed E-state index contributed by atoms with van der Waals surface area (Å²) in [5, 5.41) is 3.03. The third-order valence-electron chi connectivity index (χ3n) is 3.28. The summed E-state index contributed by atoms with van der Waals surface area (Å²) in [5.74, 6) is -0.127. The van der Waals surface area contributed by atoms with Crippen molar-refractivity contribution in [1.82, 2.24) is 9.71 Å². The maximum absolute atomic E-state index is 12.4. The van der Waals surface area contributed by atoms with Gasteiger partial charge in [-0.15, -0.1) is 0 Å². The fourth-order valence-corrected chi connectivity index (χ4v) is 3.42. The summed E-state index contributed by atoms with van der Waals surface area (Å²) in [7, 11) is -2.41. The van der Waals surface area contributed by atoms with Gasteiger partial charge < -0.3 is 10.1 Å². The lowest BCUT2D eigenvalue weighted by atomic mass is 10.1. The molecule has 0 aliphatic carbocycles. The van der Waals surface area contributed by atoms with Crippen LogP contribution in [0, 0.1) is 0 Å². The number of methoxy groups -OCH3 is 1. The highest BCUT2D eigenvalue weighted by Gasteiger charge is 2.33. The summed E-state index contributed by atoms with van der Waals surface area (Å²) >= 11 is 5.76. The highest BCUT2D eigenvalue weighted by Crippen LogP contribution is 2.18. The second-order valence-electron chi connectivity index (χ2n) is 5.73. The lowest BCUT2D eigenvalue weighted by Crippen LogP contribution is -2.52. The lowest BCUT2D eigenvalue weighted by Gasteiger charge is -2.25. The molecule has 2 N–H and O–H groups in total. The zero-order valence-corrected chi connectivity index (χ0v) is 15.5. The standard InChI is InChI=1S/C16H18ClN3O4S/c1-16(2,15(21)19-12-6-9-14(24-3)18-10-12)20-25(22,23)13-7-4-11(17)5-8-13/h4-10,20H,1-3H3,(H,19,21). The largest absolute Gasteiger partial charge is 0.481 e. The lowest BCUT2D eigenvalue weighted by molar-refractivity contribution is -0.120. The van der Waals surface area contributed by atoms with Crippen LogP contribution in [-0.4, -0.2) is 32.0 Å². The summed E-state index contributed by atoms with van der Waals surface area (Å²) in [6.07, 6.45) is 1.42. The van der Waals surface area contributed by atoms with E-state index in [0.29, 0.717) is 16.6 Å². The molecule has 1 aromatic heterocycles.